The van der Waals surface area contributed by atoms with Crippen LogP contribution >= 0.6 is 0 Å². The van der Waals surface area contributed by atoms with Crippen LogP contribution in [0.2, 0.25) is 0 Å². The van der Waals surface area contributed by atoms with Crippen LogP contribution in [0, 0.1) is 5.82 Å². The summed E-state index contributed by atoms with van der Waals surface area (Å²) in [6.07, 6.45) is 4.63. The number of carbonyl (C=O) groups excluding carboxylic acids is 1. The largest absolute Gasteiger partial charge is 0.338 e. The molecule has 0 unspecified atom stereocenters. The molecule has 1 amide bonds. The van der Waals surface area contributed by atoms with Gasteiger partial charge in [-0.3, -0.25) is 9.52 Å². The first-order valence-electron chi connectivity index (χ1n) is 9.45. The van der Waals surface area contributed by atoms with Crippen LogP contribution in [0.4, 0.5) is 10.1 Å². The number of halogens is 1. The lowest BCUT2D eigenvalue weighted by atomic mass is 10.0. The number of anilines is 1. The molecule has 1 fully saturated rings. The van der Waals surface area contributed by atoms with E-state index < -0.39 is 15.8 Å². The normalized spacial score (nSPS) is 15.2. The van der Waals surface area contributed by atoms with E-state index in [0.717, 1.165) is 12.8 Å². The van der Waals surface area contributed by atoms with Gasteiger partial charge in [-0.2, -0.15) is 5.10 Å². The van der Waals surface area contributed by atoms with Crippen LogP contribution in [0.1, 0.15) is 29.2 Å². The number of hydrogen-bond acceptors (Lipinski definition) is 5. The molecule has 0 atom stereocenters. The number of aromatic nitrogens is 3. The number of hydrogen-bond donors (Lipinski definition) is 1. The van der Waals surface area contributed by atoms with Gasteiger partial charge in [-0.05, 0) is 43.2 Å². The molecule has 2 aromatic carbocycles. The van der Waals surface area contributed by atoms with E-state index in [1.807, 2.05) is 0 Å². The zero-order valence-electron chi connectivity index (χ0n) is 16.0. The second-order valence-electron chi connectivity index (χ2n) is 7.01. The Morgan fingerprint density at radius 3 is 2.57 bits per heavy atom. The van der Waals surface area contributed by atoms with Crippen molar-refractivity contribution in [1.82, 2.24) is 19.7 Å². The second kappa shape index (κ2) is 8.23. The van der Waals surface area contributed by atoms with Crippen molar-refractivity contribution in [1.29, 1.82) is 0 Å². The highest BCUT2D eigenvalue weighted by Gasteiger charge is 2.26. The van der Waals surface area contributed by atoms with Crippen molar-refractivity contribution < 1.29 is 17.6 Å². The molecule has 1 aromatic heterocycles. The minimum Gasteiger partial charge on any atom is -0.338 e. The highest BCUT2D eigenvalue weighted by molar-refractivity contribution is 7.92. The van der Waals surface area contributed by atoms with Crippen molar-refractivity contribution in [3.63, 3.8) is 0 Å². The van der Waals surface area contributed by atoms with Gasteiger partial charge in [0.2, 0.25) is 0 Å². The molecule has 1 N–H and O–H groups in total. The van der Waals surface area contributed by atoms with Crippen molar-refractivity contribution in [2.75, 3.05) is 17.8 Å². The smallest absolute Gasteiger partial charge is 0.262 e. The molecule has 1 saturated heterocycles. The Morgan fingerprint density at radius 2 is 1.87 bits per heavy atom. The minimum absolute atomic E-state index is 0.103. The van der Waals surface area contributed by atoms with Gasteiger partial charge < -0.3 is 4.90 Å². The lowest BCUT2D eigenvalue weighted by molar-refractivity contribution is 0.0689. The van der Waals surface area contributed by atoms with E-state index in [4.69, 9.17) is 0 Å². The SMILES string of the molecule is O=C(c1cccc(S(=O)(=O)Nc2ccccc2F)c1)N1CCC(n2cncn2)CC1. The number of piperidine rings is 1. The lowest BCUT2D eigenvalue weighted by Crippen LogP contribution is -2.39. The summed E-state index contributed by atoms with van der Waals surface area (Å²) in [4.78, 5) is 18.4. The maximum atomic E-state index is 13.8. The molecule has 0 saturated carbocycles. The van der Waals surface area contributed by atoms with Crippen LogP contribution < -0.4 is 4.72 Å². The van der Waals surface area contributed by atoms with Gasteiger partial charge >= 0.3 is 0 Å². The number of benzene rings is 2. The summed E-state index contributed by atoms with van der Waals surface area (Å²) in [6.45, 7) is 1.07. The fourth-order valence-corrected chi connectivity index (χ4v) is 4.58. The van der Waals surface area contributed by atoms with Crippen LogP contribution in [0.5, 0.6) is 0 Å². The molecule has 4 rings (SSSR count). The van der Waals surface area contributed by atoms with Gasteiger partial charge in [-0.25, -0.2) is 22.5 Å². The highest BCUT2D eigenvalue weighted by Crippen LogP contribution is 2.24. The molecule has 2 heterocycles. The monoisotopic (exact) mass is 429 g/mol. The predicted octanol–water partition coefficient (Wildman–Crippen LogP) is 2.70. The van der Waals surface area contributed by atoms with E-state index in [9.17, 15) is 17.6 Å². The zero-order valence-corrected chi connectivity index (χ0v) is 16.8. The van der Waals surface area contributed by atoms with Gasteiger partial charge in [0, 0.05) is 18.7 Å². The first kappa shape index (κ1) is 20.0. The van der Waals surface area contributed by atoms with Crippen LogP contribution in [0.15, 0.2) is 66.1 Å². The Balaban J connectivity index is 1.48. The summed E-state index contributed by atoms with van der Waals surface area (Å²) in [5, 5.41) is 4.15. The molecule has 156 valence electrons. The first-order valence-corrected chi connectivity index (χ1v) is 10.9. The molecule has 1 aliphatic rings. The number of carbonyl (C=O) groups is 1. The van der Waals surface area contributed by atoms with Gasteiger partial charge in [0.1, 0.15) is 18.5 Å². The molecule has 1 aliphatic heterocycles. The number of likely N-dealkylation sites (tertiary alicyclic amines) is 1. The average molecular weight is 429 g/mol. The van der Waals surface area contributed by atoms with Crippen molar-refractivity contribution in [2.45, 2.75) is 23.8 Å². The number of nitrogens with one attached hydrogen (secondary N) is 1. The van der Waals surface area contributed by atoms with Gasteiger partial charge in [-0.1, -0.05) is 18.2 Å². The Hall–Kier alpha value is -3.27. The summed E-state index contributed by atoms with van der Waals surface area (Å²) in [5.74, 6) is -0.918. The second-order valence-corrected chi connectivity index (χ2v) is 8.69. The molecule has 3 aromatic rings. The molecular weight excluding hydrogens is 409 g/mol. The Kier molecular flexibility index (Phi) is 5.49. The van der Waals surface area contributed by atoms with Crippen molar-refractivity contribution in [2.24, 2.45) is 0 Å². The third kappa shape index (κ3) is 4.18. The zero-order chi connectivity index (χ0) is 21.1. The van der Waals surface area contributed by atoms with Crippen LogP contribution in [-0.4, -0.2) is 47.1 Å². The third-order valence-electron chi connectivity index (χ3n) is 5.07. The summed E-state index contributed by atoms with van der Waals surface area (Å²) >= 11 is 0. The Bertz CT molecular complexity index is 1140. The standard InChI is InChI=1S/C20H20FN5O3S/c21-18-6-1-2-7-19(18)24-30(28,29)17-5-3-4-15(12-17)20(27)25-10-8-16(9-11-25)26-14-22-13-23-26/h1-7,12-14,16,24H,8-11H2. The van der Waals surface area contributed by atoms with Gasteiger partial charge in [0.15, 0.2) is 0 Å². The summed E-state index contributed by atoms with van der Waals surface area (Å²) < 4.78 is 43.2. The van der Waals surface area contributed by atoms with E-state index in [1.54, 1.807) is 22.0 Å². The average Bonchev–Trinajstić information content (AvgIpc) is 3.30. The van der Waals surface area contributed by atoms with E-state index >= 15 is 0 Å². The van der Waals surface area contributed by atoms with E-state index in [-0.39, 0.29) is 28.1 Å². The summed E-state index contributed by atoms with van der Waals surface area (Å²) in [6, 6.07) is 11.5. The number of sulfonamides is 1. The van der Waals surface area contributed by atoms with Crippen LogP contribution in [0.3, 0.4) is 0 Å². The summed E-state index contributed by atoms with van der Waals surface area (Å²) in [5.41, 5.74) is 0.120. The van der Waals surface area contributed by atoms with Gasteiger partial charge in [0.05, 0.1) is 16.6 Å². The first-order chi connectivity index (χ1) is 14.4. The fourth-order valence-electron chi connectivity index (χ4n) is 3.47. The topological polar surface area (TPSA) is 97.2 Å². The third-order valence-corrected chi connectivity index (χ3v) is 6.44. The van der Waals surface area contributed by atoms with Crippen molar-refractivity contribution >= 4 is 21.6 Å². The van der Waals surface area contributed by atoms with Crippen molar-refractivity contribution in [3.8, 4) is 0 Å². The predicted molar refractivity (Wildman–Crippen MR) is 108 cm³/mol. The van der Waals surface area contributed by atoms with Crippen LogP contribution in [0.25, 0.3) is 0 Å². The molecule has 30 heavy (non-hydrogen) atoms. The maximum absolute atomic E-state index is 13.8. The number of rotatable bonds is 5. The molecule has 0 radical (unpaired) electrons. The maximum Gasteiger partial charge on any atom is 0.262 e. The Labute approximate surface area is 173 Å². The van der Waals surface area contributed by atoms with Gasteiger partial charge in [-0.15, -0.1) is 0 Å². The minimum atomic E-state index is -4.04. The number of nitrogens with zero attached hydrogens (tertiary/aromatic N) is 4. The van der Waals surface area contributed by atoms with E-state index in [0.29, 0.717) is 13.1 Å². The van der Waals surface area contributed by atoms with Gasteiger partial charge in [0.25, 0.3) is 15.9 Å². The molecule has 0 aliphatic carbocycles. The van der Waals surface area contributed by atoms with Crippen LogP contribution in [-0.2, 0) is 10.0 Å². The Morgan fingerprint density at radius 1 is 1.10 bits per heavy atom. The quantitative estimate of drug-likeness (QED) is 0.673. The molecule has 8 nitrogen and oxygen atoms in total. The molecule has 10 heteroatoms. The molecule has 0 spiro atoms. The fraction of sp³-hybridized carbons (Fsp3) is 0.250. The molecule has 0 bridgehead atoms. The number of para-hydroxylation sites is 1. The lowest BCUT2D eigenvalue weighted by Gasteiger charge is -2.32. The van der Waals surface area contributed by atoms with Crippen molar-refractivity contribution in [3.05, 3.63) is 72.6 Å². The summed E-state index contributed by atoms with van der Waals surface area (Å²) in [7, 11) is -4.04. The highest BCUT2D eigenvalue weighted by atomic mass is 32.2. The molecular formula is C20H20FN5O3S. The van der Waals surface area contributed by atoms with E-state index in [2.05, 4.69) is 14.8 Å². The van der Waals surface area contributed by atoms with E-state index in [1.165, 1.54) is 48.8 Å². The number of amides is 1.